The van der Waals surface area contributed by atoms with Crippen molar-refractivity contribution in [2.45, 2.75) is 38.6 Å². The molecule has 0 N–H and O–H groups in total. The standard InChI is InChI=1S/C8H16O3.C3H8O/c1-6-8(10-3)4-7(9-2)5-11-6;1-3-4-2/h6-8H,4-5H2,1-3H3;3H2,1-2H3/t6-,7+,8?;/m0./s1. The first kappa shape index (κ1) is 14.8. The lowest BCUT2D eigenvalue weighted by molar-refractivity contribution is -0.136. The Labute approximate surface area is 92.8 Å². The Morgan fingerprint density at radius 2 is 1.80 bits per heavy atom. The van der Waals surface area contributed by atoms with Crippen molar-refractivity contribution in [3.05, 3.63) is 0 Å². The molecule has 1 aliphatic rings. The Bertz CT molecular complexity index is 139. The molecule has 1 unspecified atom stereocenters. The summed E-state index contributed by atoms with van der Waals surface area (Å²) in [5.41, 5.74) is 0. The Hall–Kier alpha value is -0.160. The van der Waals surface area contributed by atoms with Gasteiger partial charge in [-0.25, -0.2) is 0 Å². The van der Waals surface area contributed by atoms with Gasteiger partial charge in [-0.3, -0.25) is 0 Å². The van der Waals surface area contributed by atoms with Crippen molar-refractivity contribution < 1.29 is 18.9 Å². The van der Waals surface area contributed by atoms with Gasteiger partial charge in [0.15, 0.2) is 0 Å². The smallest absolute Gasteiger partial charge is 0.0855 e. The lowest BCUT2D eigenvalue weighted by Gasteiger charge is -2.32. The maximum absolute atomic E-state index is 5.43. The van der Waals surface area contributed by atoms with E-state index in [0.29, 0.717) is 6.61 Å². The van der Waals surface area contributed by atoms with Crippen LogP contribution in [0.25, 0.3) is 0 Å². The molecule has 0 spiro atoms. The second kappa shape index (κ2) is 9.09. The highest BCUT2D eigenvalue weighted by Gasteiger charge is 2.27. The fraction of sp³-hybridized carbons (Fsp3) is 1.00. The molecule has 1 saturated heterocycles. The first-order valence-electron chi connectivity index (χ1n) is 5.35. The first-order chi connectivity index (χ1) is 7.19. The zero-order valence-electron chi connectivity index (χ0n) is 10.5. The third kappa shape index (κ3) is 6.10. The molecule has 0 aromatic heterocycles. The third-order valence-electron chi connectivity index (χ3n) is 2.49. The third-order valence-corrected chi connectivity index (χ3v) is 2.49. The molecule has 0 aliphatic carbocycles. The number of hydrogen-bond acceptors (Lipinski definition) is 4. The van der Waals surface area contributed by atoms with Crippen LogP contribution in [0.3, 0.4) is 0 Å². The van der Waals surface area contributed by atoms with Gasteiger partial charge >= 0.3 is 0 Å². The van der Waals surface area contributed by atoms with Crippen molar-refractivity contribution in [1.82, 2.24) is 0 Å². The lowest BCUT2D eigenvalue weighted by atomic mass is 10.0. The molecule has 15 heavy (non-hydrogen) atoms. The van der Waals surface area contributed by atoms with Crippen LogP contribution in [-0.4, -0.2) is 52.9 Å². The number of ether oxygens (including phenoxy) is 4. The Morgan fingerprint density at radius 3 is 2.20 bits per heavy atom. The maximum Gasteiger partial charge on any atom is 0.0855 e. The van der Waals surface area contributed by atoms with Crippen LogP contribution in [-0.2, 0) is 18.9 Å². The van der Waals surface area contributed by atoms with Crippen LogP contribution in [0.1, 0.15) is 20.3 Å². The average Bonchev–Trinajstić information content (AvgIpc) is 2.30. The zero-order valence-corrected chi connectivity index (χ0v) is 10.5. The van der Waals surface area contributed by atoms with E-state index in [1.807, 2.05) is 13.8 Å². The zero-order chi connectivity index (χ0) is 11.7. The van der Waals surface area contributed by atoms with Crippen LogP contribution in [0.2, 0.25) is 0 Å². The number of methoxy groups -OCH3 is 3. The second-order valence-electron chi connectivity index (χ2n) is 3.48. The molecule has 1 rings (SSSR count). The van der Waals surface area contributed by atoms with Gasteiger partial charge in [0.2, 0.25) is 0 Å². The van der Waals surface area contributed by atoms with Gasteiger partial charge in [-0.1, -0.05) is 0 Å². The Kier molecular flexibility index (Phi) is 9.00. The Morgan fingerprint density at radius 1 is 1.20 bits per heavy atom. The number of rotatable bonds is 3. The summed E-state index contributed by atoms with van der Waals surface area (Å²) in [5.74, 6) is 0. The molecule has 1 heterocycles. The molecule has 4 nitrogen and oxygen atoms in total. The minimum Gasteiger partial charge on any atom is -0.385 e. The minimum absolute atomic E-state index is 0.189. The molecular weight excluding hydrogens is 196 g/mol. The monoisotopic (exact) mass is 220 g/mol. The molecule has 0 amide bonds. The van der Waals surface area contributed by atoms with Gasteiger partial charge in [-0.05, 0) is 13.8 Å². The molecule has 1 aliphatic heterocycles. The van der Waals surface area contributed by atoms with Crippen LogP contribution in [0.5, 0.6) is 0 Å². The largest absolute Gasteiger partial charge is 0.385 e. The molecular formula is C11H24O4. The van der Waals surface area contributed by atoms with E-state index >= 15 is 0 Å². The first-order valence-corrected chi connectivity index (χ1v) is 5.35. The van der Waals surface area contributed by atoms with Crippen molar-refractivity contribution in [2.24, 2.45) is 0 Å². The van der Waals surface area contributed by atoms with Crippen LogP contribution >= 0.6 is 0 Å². The summed E-state index contributed by atoms with van der Waals surface area (Å²) >= 11 is 0. The van der Waals surface area contributed by atoms with E-state index in [4.69, 9.17) is 14.2 Å². The quantitative estimate of drug-likeness (QED) is 0.722. The summed E-state index contributed by atoms with van der Waals surface area (Å²) in [6.45, 7) is 5.50. The van der Waals surface area contributed by atoms with E-state index in [0.717, 1.165) is 13.0 Å². The molecule has 0 aromatic carbocycles. The van der Waals surface area contributed by atoms with Gasteiger partial charge in [0.25, 0.3) is 0 Å². The fourth-order valence-corrected chi connectivity index (χ4v) is 1.34. The predicted octanol–water partition coefficient (Wildman–Crippen LogP) is 1.48. The van der Waals surface area contributed by atoms with Crippen molar-refractivity contribution >= 4 is 0 Å². The topological polar surface area (TPSA) is 36.9 Å². The van der Waals surface area contributed by atoms with Crippen molar-refractivity contribution in [1.29, 1.82) is 0 Å². The highest BCUT2D eigenvalue weighted by atomic mass is 16.6. The summed E-state index contributed by atoms with van der Waals surface area (Å²) in [5, 5.41) is 0. The van der Waals surface area contributed by atoms with E-state index < -0.39 is 0 Å². The summed E-state index contributed by atoms with van der Waals surface area (Å²) in [4.78, 5) is 0. The minimum atomic E-state index is 0.189. The highest BCUT2D eigenvalue weighted by molar-refractivity contribution is 4.76. The maximum atomic E-state index is 5.43. The van der Waals surface area contributed by atoms with E-state index in [2.05, 4.69) is 4.74 Å². The van der Waals surface area contributed by atoms with Gasteiger partial charge in [0, 0.05) is 34.4 Å². The second-order valence-corrected chi connectivity index (χ2v) is 3.48. The van der Waals surface area contributed by atoms with Gasteiger partial charge in [-0.15, -0.1) is 0 Å². The van der Waals surface area contributed by atoms with Crippen LogP contribution < -0.4 is 0 Å². The molecule has 92 valence electrons. The SMILES string of the molecule is CCOC.COC1C[C@@H](OC)CO[C@H]1C. The van der Waals surface area contributed by atoms with E-state index in [1.54, 1.807) is 21.3 Å². The molecule has 1 fully saturated rings. The van der Waals surface area contributed by atoms with E-state index in [9.17, 15) is 0 Å². The Balaban J connectivity index is 0.000000423. The summed E-state index contributed by atoms with van der Waals surface area (Å²) in [7, 11) is 5.10. The van der Waals surface area contributed by atoms with Gasteiger partial charge in [0.1, 0.15) is 0 Å². The summed E-state index contributed by atoms with van der Waals surface area (Å²) in [6.07, 6.45) is 1.53. The molecule has 0 aromatic rings. The molecule has 0 bridgehead atoms. The molecule has 3 atom stereocenters. The lowest BCUT2D eigenvalue weighted by Crippen LogP contribution is -2.41. The summed E-state index contributed by atoms with van der Waals surface area (Å²) < 4.78 is 20.4. The average molecular weight is 220 g/mol. The normalized spacial score (nSPS) is 30.6. The molecule has 0 radical (unpaired) electrons. The van der Waals surface area contributed by atoms with Gasteiger partial charge in [0.05, 0.1) is 24.9 Å². The molecule has 4 heteroatoms. The van der Waals surface area contributed by atoms with E-state index in [1.165, 1.54) is 0 Å². The van der Waals surface area contributed by atoms with Crippen LogP contribution in [0, 0.1) is 0 Å². The van der Waals surface area contributed by atoms with Gasteiger partial charge in [-0.2, -0.15) is 0 Å². The van der Waals surface area contributed by atoms with Crippen molar-refractivity contribution in [2.75, 3.05) is 34.5 Å². The fourth-order valence-electron chi connectivity index (χ4n) is 1.34. The van der Waals surface area contributed by atoms with Crippen LogP contribution in [0.4, 0.5) is 0 Å². The molecule has 0 saturated carbocycles. The summed E-state index contributed by atoms with van der Waals surface area (Å²) in [6, 6.07) is 0. The van der Waals surface area contributed by atoms with Crippen LogP contribution in [0.15, 0.2) is 0 Å². The van der Waals surface area contributed by atoms with Crippen molar-refractivity contribution in [3.63, 3.8) is 0 Å². The predicted molar refractivity (Wildman–Crippen MR) is 59.2 cm³/mol. The van der Waals surface area contributed by atoms with Gasteiger partial charge < -0.3 is 18.9 Å². The number of hydrogen-bond donors (Lipinski definition) is 0. The van der Waals surface area contributed by atoms with Crippen molar-refractivity contribution in [3.8, 4) is 0 Å². The van der Waals surface area contributed by atoms with E-state index in [-0.39, 0.29) is 18.3 Å². The highest BCUT2D eigenvalue weighted by Crippen LogP contribution is 2.18.